The van der Waals surface area contributed by atoms with Crippen molar-refractivity contribution in [1.29, 1.82) is 0 Å². The Balaban J connectivity index is 3.60. The van der Waals surface area contributed by atoms with E-state index in [0.717, 1.165) is 0 Å². The Bertz CT molecular complexity index is 134. The van der Waals surface area contributed by atoms with E-state index >= 15 is 0 Å². The second kappa shape index (κ2) is 5.28. The average molecular weight is 138 g/mol. The fourth-order valence-electron chi connectivity index (χ4n) is 0.717. The van der Waals surface area contributed by atoms with Crippen molar-refractivity contribution in [3.8, 4) is 0 Å². The molecule has 0 N–H and O–H groups in total. The molecule has 0 radical (unpaired) electrons. The summed E-state index contributed by atoms with van der Waals surface area (Å²) < 4.78 is 0. The highest BCUT2D eigenvalue weighted by molar-refractivity contribution is 5.07. The fourth-order valence-corrected chi connectivity index (χ4v) is 0.717. The van der Waals surface area contributed by atoms with Gasteiger partial charge in [-0.05, 0) is 40.5 Å². The zero-order chi connectivity index (χ0) is 7.98. The van der Waals surface area contributed by atoms with Gasteiger partial charge in [0.05, 0.1) is 0 Å². The van der Waals surface area contributed by atoms with Crippen molar-refractivity contribution in [2.24, 2.45) is 0 Å². The Hall–Kier alpha value is -0.520. The summed E-state index contributed by atoms with van der Waals surface area (Å²) in [5, 5.41) is 0. The zero-order valence-corrected chi connectivity index (χ0v) is 7.57. The standard InChI is InChI=1S/C10H18/c1-5-6-7-8-10(4)9(2)3/h5-6H,7-8H2,1-4H3. The van der Waals surface area contributed by atoms with Crippen LogP contribution in [-0.2, 0) is 0 Å². The molecule has 0 bridgehead atoms. The van der Waals surface area contributed by atoms with Crippen LogP contribution in [0.1, 0.15) is 40.5 Å². The molecule has 0 spiro atoms. The largest absolute Gasteiger partial charge is 0.0917 e. The molecule has 0 aliphatic rings. The molecule has 0 heterocycles. The van der Waals surface area contributed by atoms with Crippen molar-refractivity contribution in [3.05, 3.63) is 23.3 Å². The summed E-state index contributed by atoms with van der Waals surface area (Å²) in [6.07, 6.45) is 6.73. The first-order valence-electron chi connectivity index (χ1n) is 3.92. The minimum Gasteiger partial charge on any atom is -0.0917 e. The van der Waals surface area contributed by atoms with Crippen molar-refractivity contribution >= 4 is 0 Å². The van der Waals surface area contributed by atoms with Gasteiger partial charge in [0.25, 0.3) is 0 Å². The molecule has 58 valence electrons. The maximum atomic E-state index is 2.21. The van der Waals surface area contributed by atoms with Gasteiger partial charge in [-0.25, -0.2) is 0 Å². The highest BCUT2D eigenvalue weighted by Crippen LogP contribution is 2.09. The summed E-state index contributed by atoms with van der Waals surface area (Å²) in [7, 11) is 0. The van der Waals surface area contributed by atoms with Gasteiger partial charge in [0.2, 0.25) is 0 Å². The van der Waals surface area contributed by atoms with Gasteiger partial charge >= 0.3 is 0 Å². The minimum absolute atomic E-state index is 1.19. The molecule has 0 fully saturated rings. The first-order valence-corrected chi connectivity index (χ1v) is 3.92. The molecule has 0 atom stereocenters. The lowest BCUT2D eigenvalue weighted by molar-refractivity contribution is 0.952. The van der Waals surface area contributed by atoms with Crippen LogP contribution in [-0.4, -0.2) is 0 Å². The van der Waals surface area contributed by atoms with E-state index in [9.17, 15) is 0 Å². The summed E-state index contributed by atoms with van der Waals surface area (Å²) in [6, 6.07) is 0. The van der Waals surface area contributed by atoms with Gasteiger partial charge in [0.1, 0.15) is 0 Å². The monoisotopic (exact) mass is 138 g/mol. The summed E-state index contributed by atoms with van der Waals surface area (Å²) in [5.74, 6) is 0. The molecule has 0 amide bonds. The van der Waals surface area contributed by atoms with E-state index in [-0.39, 0.29) is 0 Å². The third-order valence-corrected chi connectivity index (χ3v) is 1.78. The fraction of sp³-hybridized carbons (Fsp3) is 0.600. The van der Waals surface area contributed by atoms with Crippen molar-refractivity contribution in [1.82, 2.24) is 0 Å². The molecule has 0 saturated carbocycles. The van der Waals surface area contributed by atoms with Crippen LogP contribution in [0.25, 0.3) is 0 Å². The van der Waals surface area contributed by atoms with Gasteiger partial charge in [0, 0.05) is 0 Å². The van der Waals surface area contributed by atoms with Crippen molar-refractivity contribution in [2.75, 3.05) is 0 Å². The molecule has 0 aromatic heterocycles. The van der Waals surface area contributed by atoms with E-state index in [4.69, 9.17) is 0 Å². The SMILES string of the molecule is CC=CCCC(C)=C(C)C. The van der Waals surface area contributed by atoms with E-state index < -0.39 is 0 Å². The smallest absolute Gasteiger partial charge is 0.0286 e. The minimum atomic E-state index is 1.19. The van der Waals surface area contributed by atoms with Gasteiger partial charge in [-0.15, -0.1) is 0 Å². The lowest BCUT2D eigenvalue weighted by Crippen LogP contribution is -1.78. The van der Waals surface area contributed by atoms with Crippen LogP contribution in [0.15, 0.2) is 23.3 Å². The molecular formula is C10H18. The first kappa shape index (κ1) is 9.48. The van der Waals surface area contributed by atoms with Crippen LogP contribution < -0.4 is 0 Å². The predicted octanol–water partition coefficient (Wildman–Crippen LogP) is 3.70. The highest BCUT2D eigenvalue weighted by Gasteiger charge is 1.88. The molecule has 0 aliphatic carbocycles. The van der Waals surface area contributed by atoms with Crippen molar-refractivity contribution < 1.29 is 0 Å². The van der Waals surface area contributed by atoms with E-state index in [0.29, 0.717) is 0 Å². The van der Waals surface area contributed by atoms with Crippen LogP contribution in [0, 0.1) is 0 Å². The molecule has 0 rings (SSSR count). The molecule has 0 aromatic rings. The Morgan fingerprint density at radius 3 is 2.20 bits per heavy atom. The second-order valence-corrected chi connectivity index (χ2v) is 2.89. The number of rotatable bonds is 3. The number of allylic oxidation sites excluding steroid dienone is 4. The van der Waals surface area contributed by atoms with E-state index in [1.54, 1.807) is 0 Å². The summed E-state index contributed by atoms with van der Waals surface area (Å²) in [5.41, 5.74) is 2.99. The van der Waals surface area contributed by atoms with E-state index in [1.807, 2.05) is 0 Å². The lowest BCUT2D eigenvalue weighted by atomic mass is 10.1. The molecule has 0 saturated heterocycles. The Morgan fingerprint density at radius 2 is 1.80 bits per heavy atom. The molecule has 0 unspecified atom stereocenters. The van der Waals surface area contributed by atoms with E-state index in [1.165, 1.54) is 24.0 Å². The van der Waals surface area contributed by atoms with Gasteiger partial charge in [-0.2, -0.15) is 0 Å². The van der Waals surface area contributed by atoms with Crippen molar-refractivity contribution in [2.45, 2.75) is 40.5 Å². The van der Waals surface area contributed by atoms with Crippen LogP contribution in [0.3, 0.4) is 0 Å². The van der Waals surface area contributed by atoms with Crippen LogP contribution >= 0.6 is 0 Å². The van der Waals surface area contributed by atoms with Crippen LogP contribution in [0.2, 0.25) is 0 Å². The zero-order valence-electron chi connectivity index (χ0n) is 7.57. The third-order valence-electron chi connectivity index (χ3n) is 1.78. The van der Waals surface area contributed by atoms with Crippen LogP contribution in [0.5, 0.6) is 0 Å². The second-order valence-electron chi connectivity index (χ2n) is 2.89. The maximum Gasteiger partial charge on any atom is -0.0286 e. The van der Waals surface area contributed by atoms with E-state index in [2.05, 4.69) is 39.8 Å². The molecule has 10 heavy (non-hydrogen) atoms. The molecule has 0 aliphatic heterocycles. The molecular weight excluding hydrogens is 120 g/mol. The molecule has 0 aromatic carbocycles. The van der Waals surface area contributed by atoms with Crippen molar-refractivity contribution in [3.63, 3.8) is 0 Å². The predicted molar refractivity (Wildman–Crippen MR) is 48.1 cm³/mol. The van der Waals surface area contributed by atoms with Crippen LogP contribution in [0.4, 0.5) is 0 Å². The van der Waals surface area contributed by atoms with Gasteiger partial charge < -0.3 is 0 Å². The number of hydrogen-bond acceptors (Lipinski definition) is 0. The molecule has 0 nitrogen and oxygen atoms in total. The van der Waals surface area contributed by atoms with Gasteiger partial charge in [-0.3, -0.25) is 0 Å². The summed E-state index contributed by atoms with van der Waals surface area (Å²) >= 11 is 0. The van der Waals surface area contributed by atoms with Gasteiger partial charge in [0.15, 0.2) is 0 Å². The topological polar surface area (TPSA) is 0 Å². The normalized spacial score (nSPS) is 10.4. The van der Waals surface area contributed by atoms with Gasteiger partial charge in [-0.1, -0.05) is 23.3 Å². The highest BCUT2D eigenvalue weighted by atomic mass is 13.9. The lowest BCUT2D eigenvalue weighted by Gasteiger charge is -1.99. The Morgan fingerprint density at radius 1 is 1.20 bits per heavy atom. The number of hydrogen-bond donors (Lipinski definition) is 0. The Kier molecular flexibility index (Phi) is 5.00. The summed E-state index contributed by atoms with van der Waals surface area (Å²) in [6.45, 7) is 8.62. The Labute approximate surface area is 64.6 Å². The summed E-state index contributed by atoms with van der Waals surface area (Å²) in [4.78, 5) is 0. The third kappa shape index (κ3) is 4.37. The first-order chi connectivity index (χ1) is 4.68. The quantitative estimate of drug-likeness (QED) is 0.522. The molecule has 0 heteroatoms. The average Bonchev–Trinajstić information content (AvgIpc) is 1.88. The maximum absolute atomic E-state index is 2.21.